The highest BCUT2D eigenvalue weighted by Gasteiger charge is 2.30. The van der Waals surface area contributed by atoms with Gasteiger partial charge in [0.2, 0.25) is 6.79 Å². The minimum Gasteiger partial charge on any atom is -0.484 e. The maximum absolute atomic E-state index is 12.9. The molecular formula is C23H22N2O4S. The van der Waals surface area contributed by atoms with E-state index in [0.717, 1.165) is 53.6 Å². The van der Waals surface area contributed by atoms with Gasteiger partial charge >= 0.3 is 0 Å². The minimum absolute atomic E-state index is 0.00150. The molecule has 1 atom stereocenters. The Bertz CT molecular complexity index is 1040. The van der Waals surface area contributed by atoms with Crippen LogP contribution >= 0.6 is 11.3 Å². The second kappa shape index (κ2) is 8.36. The lowest BCUT2D eigenvalue weighted by Gasteiger charge is -2.34. The zero-order chi connectivity index (χ0) is 20.3. The van der Waals surface area contributed by atoms with E-state index in [1.165, 1.54) is 0 Å². The lowest BCUT2D eigenvalue weighted by Crippen LogP contribution is -2.41. The van der Waals surface area contributed by atoms with Crippen LogP contribution in [0.25, 0.3) is 11.3 Å². The molecule has 5 rings (SSSR count). The number of rotatable bonds is 5. The van der Waals surface area contributed by atoms with Crippen LogP contribution in [0, 0.1) is 0 Å². The van der Waals surface area contributed by atoms with Gasteiger partial charge in [0.05, 0.1) is 11.7 Å². The number of para-hydroxylation sites is 1. The van der Waals surface area contributed by atoms with Crippen molar-refractivity contribution in [1.29, 1.82) is 0 Å². The molecule has 7 heteroatoms. The van der Waals surface area contributed by atoms with E-state index >= 15 is 0 Å². The monoisotopic (exact) mass is 422 g/mol. The van der Waals surface area contributed by atoms with Gasteiger partial charge in [-0.15, -0.1) is 11.3 Å². The standard InChI is InChI=1S/C23H22N2O4S/c26-22(13-27-17-6-2-1-3-7-17)25-11-5-4-8-19(25)23-24-18(14-30-23)16-9-10-20-21(12-16)29-15-28-20/h1-3,6-7,9-10,12,14,19H,4-5,8,11,13,15H2. The van der Waals surface area contributed by atoms with E-state index in [-0.39, 0.29) is 25.3 Å². The lowest BCUT2D eigenvalue weighted by atomic mass is 10.0. The Balaban J connectivity index is 1.31. The zero-order valence-corrected chi connectivity index (χ0v) is 17.3. The summed E-state index contributed by atoms with van der Waals surface area (Å²) in [6, 6.07) is 15.3. The Morgan fingerprint density at radius 1 is 1.13 bits per heavy atom. The molecule has 6 nitrogen and oxygen atoms in total. The summed E-state index contributed by atoms with van der Waals surface area (Å²) in [5.74, 6) is 2.22. The minimum atomic E-state index is -0.00150. The second-order valence-electron chi connectivity index (χ2n) is 7.34. The first-order valence-electron chi connectivity index (χ1n) is 10.1. The van der Waals surface area contributed by atoms with Gasteiger partial charge < -0.3 is 19.1 Å². The Hall–Kier alpha value is -3.06. The molecule has 0 N–H and O–H groups in total. The second-order valence-corrected chi connectivity index (χ2v) is 8.23. The molecule has 0 spiro atoms. The topological polar surface area (TPSA) is 60.9 Å². The molecule has 1 fully saturated rings. The lowest BCUT2D eigenvalue weighted by molar-refractivity contribution is -0.137. The first-order valence-corrected chi connectivity index (χ1v) is 11.0. The number of nitrogens with zero attached hydrogens (tertiary/aromatic N) is 2. The molecule has 0 aliphatic carbocycles. The van der Waals surface area contributed by atoms with Crippen LogP contribution in [-0.2, 0) is 4.79 Å². The summed E-state index contributed by atoms with van der Waals surface area (Å²) < 4.78 is 16.6. The highest BCUT2D eigenvalue weighted by Crippen LogP contribution is 2.38. The summed E-state index contributed by atoms with van der Waals surface area (Å²) in [6.45, 7) is 1.03. The Morgan fingerprint density at radius 2 is 2.00 bits per heavy atom. The maximum Gasteiger partial charge on any atom is 0.261 e. The predicted molar refractivity (Wildman–Crippen MR) is 114 cm³/mol. The van der Waals surface area contributed by atoms with Gasteiger partial charge in [-0.3, -0.25) is 4.79 Å². The molecular weight excluding hydrogens is 400 g/mol. The van der Waals surface area contributed by atoms with Gasteiger partial charge in [-0.1, -0.05) is 18.2 Å². The predicted octanol–water partition coefficient (Wildman–Crippen LogP) is 4.67. The first kappa shape index (κ1) is 18.9. The third kappa shape index (κ3) is 3.85. The number of aromatic nitrogens is 1. The molecule has 1 amide bonds. The number of piperidine rings is 1. The number of fused-ring (bicyclic) bond motifs is 1. The van der Waals surface area contributed by atoms with E-state index < -0.39 is 0 Å². The van der Waals surface area contributed by atoms with Crippen LogP contribution in [0.5, 0.6) is 17.2 Å². The van der Waals surface area contributed by atoms with E-state index in [1.807, 2.05) is 58.8 Å². The molecule has 1 saturated heterocycles. The molecule has 3 aromatic rings. The molecule has 154 valence electrons. The van der Waals surface area contributed by atoms with Gasteiger partial charge in [-0.2, -0.15) is 0 Å². The largest absolute Gasteiger partial charge is 0.484 e. The van der Waals surface area contributed by atoms with Crippen molar-refractivity contribution in [1.82, 2.24) is 9.88 Å². The summed E-state index contributed by atoms with van der Waals surface area (Å²) >= 11 is 1.60. The van der Waals surface area contributed by atoms with Crippen LogP contribution in [0.3, 0.4) is 0 Å². The third-order valence-corrected chi connectivity index (χ3v) is 6.35. The number of carbonyl (C=O) groups excluding carboxylic acids is 1. The van der Waals surface area contributed by atoms with Gasteiger partial charge in [-0.25, -0.2) is 4.98 Å². The van der Waals surface area contributed by atoms with Crippen molar-refractivity contribution < 1.29 is 19.0 Å². The molecule has 2 aliphatic rings. The van der Waals surface area contributed by atoms with E-state index in [9.17, 15) is 4.79 Å². The van der Waals surface area contributed by atoms with Crippen molar-refractivity contribution in [3.8, 4) is 28.5 Å². The average Bonchev–Trinajstić information content (AvgIpc) is 3.47. The molecule has 0 saturated carbocycles. The number of benzene rings is 2. The highest BCUT2D eigenvalue weighted by atomic mass is 32.1. The smallest absolute Gasteiger partial charge is 0.261 e. The van der Waals surface area contributed by atoms with Crippen LogP contribution in [-0.4, -0.2) is 35.7 Å². The molecule has 2 aromatic carbocycles. The average molecular weight is 423 g/mol. The van der Waals surface area contributed by atoms with Crippen LogP contribution in [0.2, 0.25) is 0 Å². The fourth-order valence-corrected chi connectivity index (χ4v) is 4.84. The molecule has 3 heterocycles. The Kier molecular flexibility index (Phi) is 5.27. The Morgan fingerprint density at radius 3 is 2.90 bits per heavy atom. The molecule has 1 unspecified atom stereocenters. The number of hydrogen-bond donors (Lipinski definition) is 0. The maximum atomic E-state index is 12.9. The van der Waals surface area contributed by atoms with Crippen molar-refractivity contribution in [3.05, 3.63) is 58.9 Å². The van der Waals surface area contributed by atoms with Crippen molar-refractivity contribution in [3.63, 3.8) is 0 Å². The number of likely N-dealkylation sites (tertiary alicyclic amines) is 1. The quantitative estimate of drug-likeness (QED) is 0.598. The number of carbonyl (C=O) groups is 1. The zero-order valence-electron chi connectivity index (χ0n) is 16.5. The van der Waals surface area contributed by atoms with Gasteiger partial charge in [0.25, 0.3) is 5.91 Å². The summed E-state index contributed by atoms with van der Waals surface area (Å²) in [5, 5.41) is 3.01. The van der Waals surface area contributed by atoms with Crippen LogP contribution in [0.4, 0.5) is 0 Å². The number of hydrogen-bond acceptors (Lipinski definition) is 6. The van der Waals surface area contributed by atoms with E-state index in [4.69, 9.17) is 19.2 Å². The van der Waals surface area contributed by atoms with Crippen LogP contribution < -0.4 is 14.2 Å². The third-order valence-electron chi connectivity index (χ3n) is 5.40. The molecule has 1 aromatic heterocycles. The first-order chi connectivity index (χ1) is 14.8. The summed E-state index contributed by atoms with van der Waals surface area (Å²) in [7, 11) is 0. The summed E-state index contributed by atoms with van der Waals surface area (Å²) in [6.07, 6.45) is 3.02. The van der Waals surface area contributed by atoms with Gasteiger partial charge in [0.15, 0.2) is 18.1 Å². The van der Waals surface area contributed by atoms with Crippen molar-refractivity contribution >= 4 is 17.2 Å². The van der Waals surface area contributed by atoms with E-state index in [2.05, 4.69) is 0 Å². The van der Waals surface area contributed by atoms with Crippen molar-refractivity contribution in [2.75, 3.05) is 19.9 Å². The summed E-state index contributed by atoms with van der Waals surface area (Å²) in [4.78, 5) is 19.7. The number of ether oxygens (including phenoxy) is 3. The van der Waals surface area contributed by atoms with Crippen LogP contribution in [0.1, 0.15) is 30.3 Å². The molecule has 0 bridgehead atoms. The van der Waals surface area contributed by atoms with E-state index in [0.29, 0.717) is 5.75 Å². The normalized spacial score (nSPS) is 17.7. The van der Waals surface area contributed by atoms with Gasteiger partial charge in [0.1, 0.15) is 10.8 Å². The van der Waals surface area contributed by atoms with Crippen molar-refractivity contribution in [2.24, 2.45) is 0 Å². The molecule has 0 radical (unpaired) electrons. The SMILES string of the molecule is O=C(COc1ccccc1)N1CCCCC1c1nc(-c2ccc3c(c2)OCO3)cs1. The Labute approximate surface area is 179 Å². The number of amides is 1. The highest BCUT2D eigenvalue weighted by molar-refractivity contribution is 7.10. The van der Waals surface area contributed by atoms with E-state index in [1.54, 1.807) is 11.3 Å². The summed E-state index contributed by atoms with van der Waals surface area (Å²) in [5.41, 5.74) is 1.88. The fourth-order valence-electron chi connectivity index (χ4n) is 3.86. The van der Waals surface area contributed by atoms with Gasteiger partial charge in [0, 0.05) is 17.5 Å². The van der Waals surface area contributed by atoms with Crippen molar-refractivity contribution in [2.45, 2.75) is 25.3 Å². The molecule has 2 aliphatic heterocycles. The number of thiazole rings is 1. The van der Waals surface area contributed by atoms with Crippen LogP contribution in [0.15, 0.2) is 53.9 Å². The van der Waals surface area contributed by atoms with Gasteiger partial charge in [-0.05, 0) is 49.6 Å². The molecule has 30 heavy (non-hydrogen) atoms. The fraction of sp³-hybridized carbons (Fsp3) is 0.304.